The monoisotopic (exact) mass is 323 g/mol. The van der Waals surface area contributed by atoms with E-state index in [0.29, 0.717) is 5.33 Å². The summed E-state index contributed by atoms with van der Waals surface area (Å²) in [6.45, 7) is 6.86. The van der Waals surface area contributed by atoms with Crippen LogP contribution in [0.5, 0.6) is 0 Å². The molecule has 0 saturated carbocycles. The fourth-order valence-corrected chi connectivity index (χ4v) is 2.50. The lowest BCUT2D eigenvalue weighted by molar-refractivity contribution is -0.490. The first-order valence-electron chi connectivity index (χ1n) is 5.68. The minimum Gasteiger partial charge on any atom is -0.433 e. The smallest absolute Gasteiger partial charge is 0.341 e. The molecule has 1 aliphatic heterocycles. The van der Waals surface area contributed by atoms with Crippen LogP contribution in [0.2, 0.25) is 0 Å². The zero-order valence-electron chi connectivity index (χ0n) is 10.9. The highest BCUT2D eigenvalue weighted by molar-refractivity contribution is 9.09. The van der Waals surface area contributed by atoms with Crippen molar-refractivity contribution in [2.45, 2.75) is 39.6 Å². The summed E-state index contributed by atoms with van der Waals surface area (Å²) in [4.78, 5) is 22.1. The molecule has 0 aliphatic carbocycles. The molecule has 6 nitrogen and oxygen atoms in total. The number of hydrogen-bond acceptors (Lipinski definition) is 5. The van der Waals surface area contributed by atoms with Crippen LogP contribution in [0.15, 0.2) is 0 Å². The lowest BCUT2D eigenvalue weighted by atomic mass is 9.90. The molecule has 1 rings (SSSR count). The topological polar surface area (TPSA) is 78.7 Å². The Balaban J connectivity index is 2.92. The SMILES string of the molecule is CC(C)(C)[C@H]1OC(=O)[C@](C)([C@H](CBr)C[N+](=O)[O-])O1. The second-order valence-corrected chi connectivity index (χ2v) is 6.34. The number of nitrogens with zero attached hydrogens (tertiary/aromatic N) is 1. The summed E-state index contributed by atoms with van der Waals surface area (Å²) >= 11 is 3.20. The minimum absolute atomic E-state index is 0.302. The van der Waals surface area contributed by atoms with Crippen molar-refractivity contribution in [3.63, 3.8) is 0 Å². The normalized spacial score (nSPS) is 30.1. The highest BCUT2D eigenvalue weighted by Crippen LogP contribution is 2.39. The Morgan fingerprint density at radius 1 is 1.56 bits per heavy atom. The maximum absolute atomic E-state index is 11.9. The number of hydrogen-bond donors (Lipinski definition) is 0. The molecule has 0 radical (unpaired) electrons. The van der Waals surface area contributed by atoms with E-state index < -0.39 is 28.7 Å². The number of esters is 1. The van der Waals surface area contributed by atoms with Gasteiger partial charge in [-0.1, -0.05) is 36.7 Å². The van der Waals surface area contributed by atoms with Gasteiger partial charge in [-0.05, 0) is 6.92 Å². The van der Waals surface area contributed by atoms with Crippen molar-refractivity contribution in [3.05, 3.63) is 10.1 Å². The third-order valence-corrected chi connectivity index (χ3v) is 3.79. The predicted octanol–water partition coefficient (Wildman–Crippen LogP) is 1.98. The number of carbonyl (C=O) groups is 1. The average molecular weight is 324 g/mol. The first-order valence-corrected chi connectivity index (χ1v) is 6.80. The molecular weight excluding hydrogens is 306 g/mol. The number of carbonyl (C=O) groups excluding carboxylic acids is 1. The number of nitro groups is 1. The summed E-state index contributed by atoms with van der Waals surface area (Å²) in [5.74, 6) is -1.10. The van der Waals surface area contributed by atoms with E-state index >= 15 is 0 Å². The van der Waals surface area contributed by atoms with E-state index in [2.05, 4.69) is 15.9 Å². The molecule has 0 spiro atoms. The number of alkyl halides is 1. The van der Waals surface area contributed by atoms with E-state index in [0.717, 1.165) is 0 Å². The number of ether oxygens (including phenoxy) is 2. The Morgan fingerprint density at radius 3 is 2.44 bits per heavy atom. The number of halogens is 1. The van der Waals surface area contributed by atoms with Gasteiger partial charge in [0, 0.05) is 15.7 Å². The van der Waals surface area contributed by atoms with Crippen LogP contribution >= 0.6 is 15.9 Å². The van der Waals surface area contributed by atoms with Crippen LogP contribution in [0.25, 0.3) is 0 Å². The van der Waals surface area contributed by atoms with Gasteiger partial charge >= 0.3 is 5.97 Å². The van der Waals surface area contributed by atoms with Gasteiger partial charge in [-0.15, -0.1) is 0 Å². The van der Waals surface area contributed by atoms with Crippen LogP contribution in [0.1, 0.15) is 27.7 Å². The molecule has 0 bridgehead atoms. The molecule has 1 heterocycles. The first-order chi connectivity index (χ1) is 8.11. The van der Waals surface area contributed by atoms with Gasteiger partial charge in [0.25, 0.3) is 0 Å². The van der Waals surface area contributed by atoms with E-state index in [1.165, 1.54) is 0 Å². The molecule has 3 atom stereocenters. The van der Waals surface area contributed by atoms with Crippen molar-refractivity contribution in [2.75, 3.05) is 11.9 Å². The summed E-state index contributed by atoms with van der Waals surface area (Å²) in [5.41, 5.74) is -1.63. The zero-order valence-corrected chi connectivity index (χ0v) is 12.5. The Labute approximate surface area is 114 Å². The summed E-state index contributed by atoms with van der Waals surface area (Å²) in [6.07, 6.45) is -0.677. The molecule has 0 aromatic rings. The summed E-state index contributed by atoms with van der Waals surface area (Å²) in [6, 6.07) is 0. The molecular formula is C11H18BrNO5. The molecule has 0 N–H and O–H groups in total. The molecule has 0 amide bonds. The third-order valence-electron chi connectivity index (χ3n) is 3.01. The van der Waals surface area contributed by atoms with E-state index in [4.69, 9.17) is 9.47 Å². The number of rotatable bonds is 4. The van der Waals surface area contributed by atoms with Gasteiger partial charge in [-0.2, -0.15) is 0 Å². The van der Waals surface area contributed by atoms with Crippen LogP contribution in [-0.4, -0.2) is 34.7 Å². The molecule has 0 unspecified atom stereocenters. The van der Waals surface area contributed by atoms with E-state index in [9.17, 15) is 14.9 Å². The molecule has 0 aromatic heterocycles. The Morgan fingerprint density at radius 2 is 2.11 bits per heavy atom. The maximum atomic E-state index is 11.9. The molecule has 1 fully saturated rings. The summed E-state index contributed by atoms with van der Waals surface area (Å²) in [5, 5.41) is 10.9. The average Bonchev–Trinajstić information content (AvgIpc) is 2.52. The van der Waals surface area contributed by atoms with Crippen LogP contribution in [0.3, 0.4) is 0 Å². The summed E-state index contributed by atoms with van der Waals surface area (Å²) < 4.78 is 10.9. The van der Waals surface area contributed by atoms with Gasteiger partial charge in [0.05, 0.1) is 5.92 Å². The molecule has 1 saturated heterocycles. The lowest BCUT2D eigenvalue weighted by Crippen LogP contribution is -2.46. The Bertz CT molecular complexity index is 354. The van der Waals surface area contributed by atoms with E-state index in [1.807, 2.05) is 20.8 Å². The second kappa shape index (κ2) is 5.13. The quantitative estimate of drug-likeness (QED) is 0.342. The standard InChI is InChI=1S/C11H18BrNO5/c1-10(2,3)9-17-8(14)11(4,18-9)7(5-12)6-13(15)16/h7,9H,5-6H2,1-4H3/t7-,9+,11+/m1/s1. The Hall–Kier alpha value is -0.690. The van der Waals surface area contributed by atoms with Crippen molar-refractivity contribution in [3.8, 4) is 0 Å². The minimum atomic E-state index is -1.27. The van der Waals surface area contributed by atoms with Crippen LogP contribution in [-0.2, 0) is 14.3 Å². The zero-order chi connectivity index (χ0) is 14.1. The maximum Gasteiger partial charge on any atom is 0.341 e. The van der Waals surface area contributed by atoms with Crippen molar-refractivity contribution in [1.82, 2.24) is 0 Å². The van der Waals surface area contributed by atoms with Crippen LogP contribution in [0, 0.1) is 21.4 Å². The van der Waals surface area contributed by atoms with Crippen molar-refractivity contribution in [2.24, 2.45) is 11.3 Å². The highest BCUT2D eigenvalue weighted by atomic mass is 79.9. The molecule has 0 aromatic carbocycles. The van der Waals surface area contributed by atoms with E-state index in [1.54, 1.807) is 6.92 Å². The van der Waals surface area contributed by atoms with Crippen molar-refractivity contribution in [1.29, 1.82) is 0 Å². The fourth-order valence-electron chi connectivity index (χ4n) is 1.68. The van der Waals surface area contributed by atoms with Crippen molar-refractivity contribution < 1.29 is 19.2 Å². The lowest BCUT2D eigenvalue weighted by Gasteiger charge is -2.28. The van der Waals surface area contributed by atoms with E-state index in [-0.39, 0.29) is 12.0 Å². The largest absolute Gasteiger partial charge is 0.433 e. The molecule has 7 heteroatoms. The predicted molar refractivity (Wildman–Crippen MR) is 68.0 cm³/mol. The highest BCUT2D eigenvalue weighted by Gasteiger charge is 2.55. The van der Waals surface area contributed by atoms with Crippen LogP contribution < -0.4 is 0 Å². The van der Waals surface area contributed by atoms with Gasteiger partial charge in [0.15, 0.2) is 5.60 Å². The third kappa shape index (κ3) is 3.00. The van der Waals surface area contributed by atoms with Gasteiger partial charge in [-0.25, -0.2) is 4.79 Å². The fraction of sp³-hybridized carbons (Fsp3) is 0.909. The number of cyclic esters (lactones) is 1. The second-order valence-electron chi connectivity index (χ2n) is 5.69. The summed E-state index contributed by atoms with van der Waals surface area (Å²) in [7, 11) is 0. The molecule has 1 aliphatic rings. The molecule has 18 heavy (non-hydrogen) atoms. The van der Waals surface area contributed by atoms with Gasteiger partial charge in [0.2, 0.25) is 12.8 Å². The molecule has 104 valence electrons. The Kier molecular flexibility index (Phi) is 4.38. The first kappa shape index (κ1) is 15.4. The van der Waals surface area contributed by atoms with Gasteiger partial charge < -0.3 is 9.47 Å². The van der Waals surface area contributed by atoms with Crippen LogP contribution in [0.4, 0.5) is 0 Å². The van der Waals surface area contributed by atoms with Crippen molar-refractivity contribution >= 4 is 21.9 Å². The van der Waals surface area contributed by atoms with Gasteiger partial charge in [-0.3, -0.25) is 10.1 Å². The van der Waals surface area contributed by atoms with Gasteiger partial charge in [0.1, 0.15) is 0 Å².